The highest BCUT2D eigenvalue weighted by atomic mass is 15.2. The number of aryl methyl sites for hydroxylation is 2. The highest BCUT2D eigenvalue weighted by Gasteiger charge is 2.14. The Kier molecular flexibility index (Phi) is 2.78. The number of H-pyrrole nitrogens is 1. The van der Waals surface area contributed by atoms with Gasteiger partial charge in [-0.25, -0.2) is 4.98 Å². The lowest BCUT2D eigenvalue weighted by Crippen LogP contribution is -2.13. The highest BCUT2D eigenvalue weighted by Crippen LogP contribution is 2.28. The van der Waals surface area contributed by atoms with Crippen molar-refractivity contribution in [1.82, 2.24) is 19.9 Å². The summed E-state index contributed by atoms with van der Waals surface area (Å²) in [5.74, 6) is 0.936. The van der Waals surface area contributed by atoms with Crippen LogP contribution in [-0.4, -0.2) is 27.0 Å². The van der Waals surface area contributed by atoms with Gasteiger partial charge in [0.25, 0.3) is 0 Å². The van der Waals surface area contributed by atoms with Gasteiger partial charge in [0, 0.05) is 12.7 Å². The zero-order chi connectivity index (χ0) is 14.3. The lowest BCUT2D eigenvalue weighted by molar-refractivity contribution is 1.11. The third kappa shape index (κ3) is 2.05. The first kappa shape index (κ1) is 12.4. The fraction of sp³-hybridized carbons (Fsp3) is 0.214. The van der Waals surface area contributed by atoms with Crippen LogP contribution in [0.2, 0.25) is 0 Å². The molecule has 3 aromatic rings. The third-order valence-electron chi connectivity index (χ3n) is 3.20. The maximum absolute atomic E-state index is 5.76. The Hall–Kier alpha value is -2.63. The number of nitrogen functional groups attached to an aromatic ring is 1. The molecule has 3 N–H and O–H groups in total. The maximum atomic E-state index is 5.76. The number of hydrogen-bond acceptors (Lipinski definition) is 5. The number of hydrogen-bond donors (Lipinski definition) is 2. The van der Waals surface area contributed by atoms with E-state index in [1.807, 2.05) is 11.9 Å². The summed E-state index contributed by atoms with van der Waals surface area (Å²) in [6.45, 7) is 4.15. The monoisotopic (exact) mass is 268 g/mol. The van der Waals surface area contributed by atoms with E-state index in [0.717, 1.165) is 17.0 Å². The lowest BCUT2D eigenvalue weighted by Gasteiger charge is -2.20. The van der Waals surface area contributed by atoms with Crippen LogP contribution < -0.4 is 10.6 Å². The first-order valence-corrected chi connectivity index (χ1v) is 6.33. The second-order valence-corrected chi connectivity index (χ2v) is 4.91. The van der Waals surface area contributed by atoms with Crippen LogP contribution in [0.25, 0.3) is 11.2 Å². The summed E-state index contributed by atoms with van der Waals surface area (Å²) in [5, 5.41) is 0. The van der Waals surface area contributed by atoms with Gasteiger partial charge in [-0.05, 0) is 37.1 Å². The van der Waals surface area contributed by atoms with Crippen molar-refractivity contribution in [3.63, 3.8) is 0 Å². The predicted octanol–water partition coefficient (Wildman–Crippen LogP) is 2.32. The van der Waals surface area contributed by atoms with Crippen molar-refractivity contribution in [1.29, 1.82) is 0 Å². The van der Waals surface area contributed by atoms with Crippen LogP contribution in [-0.2, 0) is 0 Å². The minimum absolute atomic E-state index is 0.218. The van der Waals surface area contributed by atoms with E-state index in [1.165, 1.54) is 11.1 Å². The van der Waals surface area contributed by atoms with Gasteiger partial charge in [0.2, 0.25) is 5.95 Å². The third-order valence-corrected chi connectivity index (χ3v) is 3.20. The molecule has 0 aliphatic carbocycles. The molecule has 0 amide bonds. The molecule has 0 aliphatic rings. The number of anilines is 3. The Balaban J connectivity index is 2.16. The summed E-state index contributed by atoms with van der Waals surface area (Å²) in [6.07, 6.45) is 1.59. The van der Waals surface area contributed by atoms with Gasteiger partial charge >= 0.3 is 0 Å². The molecular formula is C14H16N6. The van der Waals surface area contributed by atoms with Crippen LogP contribution in [0.4, 0.5) is 17.5 Å². The molecule has 0 radical (unpaired) electrons. The fourth-order valence-corrected chi connectivity index (χ4v) is 2.34. The SMILES string of the molecule is Cc1cc(C)cc(N(C)c2nc(N)nc3nc[nH]c23)c1. The number of aromatic amines is 1. The summed E-state index contributed by atoms with van der Waals surface area (Å²) >= 11 is 0. The topological polar surface area (TPSA) is 83.7 Å². The molecular weight excluding hydrogens is 252 g/mol. The number of aromatic nitrogens is 4. The van der Waals surface area contributed by atoms with Crippen LogP contribution in [0, 0.1) is 13.8 Å². The molecule has 6 heteroatoms. The largest absolute Gasteiger partial charge is 0.368 e. The Morgan fingerprint density at radius 2 is 1.80 bits per heavy atom. The number of nitrogens with two attached hydrogens (primary N) is 1. The second-order valence-electron chi connectivity index (χ2n) is 4.91. The van der Waals surface area contributed by atoms with Crippen LogP contribution in [0.15, 0.2) is 24.5 Å². The Bertz CT molecular complexity index is 756. The first-order chi connectivity index (χ1) is 9.54. The Labute approximate surface area is 116 Å². The molecule has 6 nitrogen and oxygen atoms in total. The van der Waals surface area contributed by atoms with E-state index in [0.29, 0.717) is 5.65 Å². The zero-order valence-corrected chi connectivity index (χ0v) is 11.7. The molecule has 2 heterocycles. The number of rotatable bonds is 2. The van der Waals surface area contributed by atoms with Gasteiger partial charge in [-0.2, -0.15) is 9.97 Å². The van der Waals surface area contributed by atoms with Crippen LogP contribution >= 0.6 is 0 Å². The van der Waals surface area contributed by atoms with Gasteiger partial charge in [0.05, 0.1) is 6.33 Å². The first-order valence-electron chi connectivity index (χ1n) is 6.33. The summed E-state index contributed by atoms with van der Waals surface area (Å²) in [7, 11) is 1.95. The summed E-state index contributed by atoms with van der Waals surface area (Å²) in [4.78, 5) is 17.6. The van der Waals surface area contributed by atoms with Crippen molar-refractivity contribution < 1.29 is 0 Å². The summed E-state index contributed by atoms with van der Waals surface area (Å²) in [6, 6.07) is 6.35. The van der Waals surface area contributed by atoms with E-state index >= 15 is 0 Å². The Morgan fingerprint density at radius 3 is 2.50 bits per heavy atom. The number of benzene rings is 1. The minimum Gasteiger partial charge on any atom is -0.368 e. The van der Waals surface area contributed by atoms with E-state index in [-0.39, 0.29) is 5.95 Å². The van der Waals surface area contributed by atoms with Gasteiger partial charge < -0.3 is 15.6 Å². The molecule has 0 saturated heterocycles. The molecule has 0 bridgehead atoms. The molecule has 0 saturated carbocycles. The molecule has 0 unspecified atom stereocenters. The molecule has 2 aromatic heterocycles. The normalized spacial score (nSPS) is 10.9. The Morgan fingerprint density at radius 1 is 1.10 bits per heavy atom. The van der Waals surface area contributed by atoms with Crippen molar-refractivity contribution in [3.05, 3.63) is 35.7 Å². The van der Waals surface area contributed by atoms with Crippen molar-refractivity contribution in [3.8, 4) is 0 Å². The van der Waals surface area contributed by atoms with E-state index in [1.54, 1.807) is 6.33 Å². The average Bonchev–Trinajstić information content (AvgIpc) is 2.83. The molecule has 1 aromatic carbocycles. The van der Waals surface area contributed by atoms with E-state index in [9.17, 15) is 0 Å². The van der Waals surface area contributed by atoms with Crippen LogP contribution in [0.5, 0.6) is 0 Å². The second kappa shape index (κ2) is 4.48. The standard InChI is InChI=1S/C14H16N6/c1-8-4-9(2)6-10(5-8)20(3)13-11-12(17-7-16-11)18-14(15)19-13/h4-7H,1-3H3,(H3,15,16,17,18,19). The van der Waals surface area contributed by atoms with Gasteiger partial charge in [-0.3, -0.25) is 0 Å². The number of nitrogens with one attached hydrogen (secondary N) is 1. The van der Waals surface area contributed by atoms with Gasteiger partial charge in [-0.15, -0.1) is 0 Å². The minimum atomic E-state index is 0.218. The van der Waals surface area contributed by atoms with Crippen molar-refractivity contribution >= 4 is 28.6 Å². The number of fused-ring (bicyclic) bond motifs is 1. The van der Waals surface area contributed by atoms with Gasteiger partial charge in [-0.1, -0.05) is 6.07 Å². The molecule has 0 spiro atoms. The van der Waals surface area contributed by atoms with Gasteiger partial charge in [0.1, 0.15) is 5.52 Å². The average molecular weight is 268 g/mol. The van der Waals surface area contributed by atoms with Crippen molar-refractivity contribution in [2.24, 2.45) is 0 Å². The van der Waals surface area contributed by atoms with Gasteiger partial charge in [0.15, 0.2) is 11.5 Å². The molecule has 0 aliphatic heterocycles. The quantitative estimate of drug-likeness (QED) is 0.745. The van der Waals surface area contributed by atoms with E-state index in [4.69, 9.17) is 5.73 Å². The number of imidazole rings is 1. The highest BCUT2D eigenvalue weighted by molar-refractivity contribution is 5.86. The summed E-state index contributed by atoms with van der Waals surface area (Å²) < 4.78 is 0. The molecule has 3 rings (SSSR count). The van der Waals surface area contributed by atoms with Crippen LogP contribution in [0.3, 0.4) is 0 Å². The lowest BCUT2D eigenvalue weighted by atomic mass is 10.1. The van der Waals surface area contributed by atoms with Crippen molar-refractivity contribution in [2.75, 3.05) is 17.7 Å². The zero-order valence-electron chi connectivity index (χ0n) is 11.7. The predicted molar refractivity (Wildman–Crippen MR) is 80.1 cm³/mol. The van der Waals surface area contributed by atoms with E-state index < -0.39 is 0 Å². The smallest absolute Gasteiger partial charge is 0.224 e. The molecule has 102 valence electrons. The fourth-order valence-electron chi connectivity index (χ4n) is 2.34. The summed E-state index contributed by atoms with van der Waals surface area (Å²) in [5.41, 5.74) is 10.6. The van der Waals surface area contributed by atoms with E-state index in [2.05, 4.69) is 52.0 Å². The molecule has 0 atom stereocenters. The van der Waals surface area contributed by atoms with Crippen LogP contribution in [0.1, 0.15) is 11.1 Å². The molecule has 0 fully saturated rings. The maximum Gasteiger partial charge on any atom is 0.224 e. The number of nitrogens with zero attached hydrogens (tertiary/aromatic N) is 4. The molecule has 20 heavy (non-hydrogen) atoms. The van der Waals surface area contributed by atoms with Crippen molar-refractivity contribution in [2.45, 2.75) is 13.8 Å².